The van der Waals surface area contributed by atoms with Crippen LogP contribution in [0.1, 0.15) is 11.1 Å². The fourth-order valence-corrected chi connectivity index (χ4v) is 3.55. The van der Waals surface area contributed by atoms with E-state index < -0.39 is 0 Å². The van der Waals surface area contributed by atoms with Crippen LogP contribution in [0.4, 0.5) is 11.4 Å². The minimum absolute atomic E-state index is 0.996. The van der Waals surface area contributed by atoms with Crippen molar-refractivity contribution in [3.8, 4) is 0 Å². The molecule has 1 aromatic heterocycles. The third kappa shape index (κ3) is 3.61. The van der Waals surface area contributed by atoms with Gasteiger partial charge in [0.1, 0.15) is 0 Å². The van der Waals surface area contributed by atoms with Gasteiger partial charge in [-0.25, -0.2) is 4.98 Å². The van der Waals surface area contributed by atoms with Gasteiger partial charge in [0, 0.05) is 16.5 Å². The highest BCUT2D eigenvalue weighted by Crippen LogP contribution is 2.33. The molecule has 29 heavy (non-hydrogen) atoms. The van der Waals surface area contributed by atoms with Gasteiger partial charge >= 0.3 is 0 Å². The maximum atomic E-state index is 4.80. The Balaban J connectivity index is 1.48. The Hall–Kier alpha value is -3.91. The summed E-state index contributed by atoms with van der Waals surface area (Å²) in [6.45, 7) is 0. The maximum Gasteiger partial charge on any atom is 0.0730 e. The van der Waals surface area contributed by atoms with Crippen LogP contribution >= 0.6 is 0 Å². The van der Waals surface area contributed by atoms with Crippen LogP contribution in [0.2, 0.25) is 0 Å². The lowest BCUT2D eigenvalue weighted by atomic mass is 10.1. The summed E-state index contributed by atoms with van der Waals surface area (Å²) in [6.07, 6.45) is 4.27. The quantitative estimate of drug-likeness (QED) is 0.264. The average Bonchev–Trinajstić information content (AvgIpc) is 2.79. The molecule has 0 amide bonds. The summed E-state index contributed by atoms with van der Waals surface area (Å²) < 4.78 is 0. The van der Waals surface area contributed by atoms with E-state index in [4.69, 9.17) is 4.98 Å². The number of para-hydroxylation sites is 2. The summed E-state index contributed by atoms with van der Waals surface area (Å²) >= 11 is 0. The van der Waals surface area contributed by atoms with Gasteiger partial charge in [0.2, 0.25) is 0 Å². The van der Waals surface area contributed by atoms with Gasteiger partial charge in [0.05, 0.1) is 16.7 Å². The Kier molecular flexibility index (Phi) is 4.51. The van der Waals surface area contributed by atoms with E-state index in [1.54, 1.807) is 0 Å². The minimum Gasteiger partial charge on any atom is -0.354 e. The first-order chi connectivity index (χ1) is 14.4. The number of nitrogens with zero attached hydrogens (tertiary/aromatic N) is 1. The highest BCUT2D eigenvalue weighted by atomic mass is 14.9. The topological polar surface area (TPSA) is 24.9 Å². The molecule has 1 N–H and O–H groups in total. The molecule has 4 aromatic carbocycles. The van der Waals surface area contributed by atoms with Crippen molar-refractivity contribution in [2.45, 2.75) is 0 Å². The standard InChI is InChI=1S/C27H20N2/c1-2-8-20(9-3-1)14-15-21-16-18-22(19-17-21)28-27-23-10-4-6-12-25(23)29-26-13-7-5-11-24(26)27/h1-19H,(H,28,29)/b15-14+. The number of hydrogen-bond acceptors (Lipinski definition) is 2. The molecule has 0 aliphatic heterocycles. The zero-order valence-corrected chi connectivity index (χ0v) is 15.9. The normalized spacial score (nSPS) is 11.3. The van der Waals surface area contributed by atoms with Crippen molar-refractivity contribution in [3.05, 3.63) is 114 Å². The van der Waals surface area contributed by atoms with Crippen LogP contribution in [-0.4, -0.2) is 4.98 Å². The van der Waals surface area contributed by atoms with Gasteiger partial charge in [-0.15, -0.1) is 0 Å². The van der Waals surface area contributed by atoms with Crippen LogP contribution in [-0.2, 0) is 0 Å². The third-order valence-corrected chi connectivity index (χ3v) is 5.04. The molecule has 0 saturated carbocycles. The second-order valence-electron chi connectivity index (χ2n) is 7.01. The number of rotatable bonds is 4. The number of benzene rings is 4. The van der Waals surface area contributed by atoms with E-state index in [-0.39, 0.29) is 0 Å². The molecule has 2 nitrogen and oxygen atoms in total. The smallest absolute Gasteiger partial charge is 0.0730 e. The Morgan fingerprint density at radius 1 is 0.517 bits per heavy atom. The molecule has 0 atom stereocenters. The first-order valence-electron chi connectivity index (χ1n) is 9.74. The molecule has 1 heterocycles. The molecule has 138 valence electrons. The highest BCUT2D eigenvalue weighted by molar-refractivity contribution is 6.08. The largest absolute Gasteiger partial charge is 0.354 e. The van der Waals surface area contributed by atoms with E-state index in [2.05, 4.69) is 102 Å². The first kappa shape index (κ1) is 17.2. The van der Waals surface area contributed by atoms with Gasteiger partial charge in [-0.2, -0.15) is 0 Å². The molecule has 0 bridgehead atoms. The lowest BCUT2D eigenvalue weighted by molar-refractivity contribution is 1.48. The molecular weight excluding hydrogens is 352 g/mol. The van der Waals surface area contributed by atoms with E-state index in [0.29, 0.717) is 0 Å². The van der Waals surface area contributed by atoms with E-state index in [1.807, 2.05) is 18.2 Å². The summed E-state index contributed by atoms with van der Waals surface area (Å²) in [5.74, 6) is 0. The fraction of sp³-hybridized carbons (Fsp3) is 0. The number of fused-ring (bicyclic) bond motifs is 2. The molecule has 0 saturated heterocycles. The molecule has 0 aliphatic rings. The summed E-state index contributed by atoms with van der Waals surface area (Å²) in [7, 11) is 0. The SMILES string of the molecule is C(=C\c1ccc(Nc2c3ccccc3nc3ccccc23)cc1)/c1ccccc1. The van der Waals surface area contributed by atoms with Crippen molar-refractivity contribution < 1.29 is 0 Å². The van der Waals surface area contributed by atoms with Crippen molar-refractivity contribution in [2.24, 2.45) is 0 Å². The van der Waals surface area contributed by atoms with Crippen LogP contribution in [0.5, 0.6) is 0 Å². The summed E-state index contributed by atoms with van der Waals surface area (Å²) in [6, 6.07) is 35.4. The number of hydrogen-bond donors (Lipinski definition) is 1. The summed E-state index contributed by atoms with van der Waals surface area (Å²) in [5, 5.41) is 5.88. The van der Waals surface area contributed by atoms with Gasteiger partial charge in [-0.05, 0) is 35.4 Å². The summed E-state index contributed by atoms with van der Waals surface area (Å²) in [5.41, 5.74) is 6.52. The van der Waals surface area contributed by atoms with Gasteiger partial charge < -0.3 is 5.32 Å². The average molecular weight is 372 g/mol. The van der Waals surface area contributed by atoms with E-state index in [9.17, 15) is 0 Å². The Bertz CT molecular complexity index is 1250. The van der Waals surface area contributed by atoms with Crippen molar-refractivity contribution in [2.75, 3.05) is 5.32 Å². The predicted octanol–water partition coefficient (Wildman–Crippen LogP) is 7.30. The zero-order valence-electron chi connectivity index (χ0n) is 15.9. The van der Waals surface area contributed by atoms with Crippen LogP contribution in [0.15, 0.2) is 103 Å². The van der Waals surface area contributed by atoms with Gasteiger partial charge in [0.25, 0.3) is 0 Å². The number of anilines is 2. The Morgan fingerprint density at radius 3 is 1.66 bits per heavy atom. The Morgan fingerprint density at radius 2 is 1.03 bits per heavy atom. The third-order valence-electron chi connectivity index (χ3n) is 5.04. The molecule has 0 spiro atoms. The van der Waals surface area contributed by atoms with Crippen molar-refractivity contribution in [1.82, 2.24) is 4.98 Å². The monoisotopic (exact) mass is 372 g/mol. The van der Waals surface area contributed by atoms with E-state index in [1.165, 1.54) is 11.1 Å². The number of aromatic nitrogens is 1. The van der Waals surface area contributed by atoms with E-state index >= 15 is 0 Å². The lowest BCUT2D eigenvalue weighted by Crippen LogP contribution is -1.95. The van der Waals surface area contributed by atoms with Gasteiger partial charge in [-0.3, -0.25) is 0 Å². The molecule has 5 rings (SSSR count). The maximum absolute atomic E-state index is 4.80. The van der Waals surface area contributed by atoms with Crippen LogP contribution in [0, 0.1) is 0 Å². The molecule has 2 heteroatoms. The van der Waals surface area contributed by atoms with Crippen molar-refractivity contribution in [1.29, 1.82) is 0 Å². The van der Waals surface area contributed by atoms with Crippen molar-refractivity contribution >= 4 is 45.3 Å². The van der Waals surface area contributed by atoms with Crippen LogP contribution in [0.3, 0.4) is 0 Å². The van der Waals surface area contributed by atoms with Crippen LogP contribution in [0.25, 0.3) is 34.0 Å². The Labute approximate surface area is 170 Å². The molecule has 0 aliphatic carbocycles. The molecule has 0 radical (unpaired) electrons. The van der Waals surface area contributed by atoms with Gasteiger partial charge in [0.15, 0.2) is 0 Å². The second kappa shape index (κ2) is 7.61. The van der Waals surface area contributed by atoms with Gasteiger partial charge in [-0.1, -0.05) is 91.0 Å². The molecular formula is C27H20N2. The highest BCUT2D eigenvalue weighted by Gasteiger charge is 2.08. The molecule has 0 unspecified atom stereocenters. The second-order valence-corrected chi connectivity index (χ2v) is 7.01. The summed E-state index contributed by atoms with van der Waals surface area (Å²) in [4.78, 5) is 4.80. The first-order valence-corrected chi connectivity index (χ1v) is 9.74. The van der Waals surface area contributed by atoms with Crippen LogP contribution < -0.4 is 5.32 Å². The van der Waals surface area contributed by atoms with E-state index in [0.717, 1.165) is 33.2 Å². The lowest BCUT2D eigenvalue weighted by Gasteiger charge is -2.13. The molecule has 0 fully saturated rings. The molecule has 5 aromatic rings. The fourth-order valence-electron chi connectivity index (χ4n) is 3.55. The predicted molar refractivity (Wildman–Crippen MR) is 124 cm³/mol. The minimum atomic E-state index is 0.996. The zero-order chi connectivity index (χ0) is 19.5. The van der Waals surface area contributed by atoms with Crippen molar-refractivity contribution in [3.63, 3.8) is 0 Å². The number of pyridine rings is 1. The number of nitrogens with one attached hydrogen (secondary N) is 1.